The first-order valence-corrected chi connectivity index (χ1v) is 9.35. The van der Waals surface area contributed by atoms with Gasteiger partial charge in [-0.1, -0.05) is 68.4 Å². The quantitative estimate of drug-likeness (QED) is 0.676. The highest BCUT2D eigenvalue weighted by atomic mass is 28.1. The van der Waals surface area contributed by atoms with Crippen LogP contribution in [0.4, 0.5) is 0 Å². The average Bonchev–Trinajstić information content (AvgIpc) is 2.74. The fourth-order valence-corrected chi connectivity index (χ4v) is 6.60. The summed E-state index contributed by atoms with van der Waals surface area (Å²) in [5.41, 5.74) is 2.20. The Balaban J connectivity index is 2.08. The van der Waals surface area contributed by atoms with Crippen LogP contribution in [0.2, 0.25) is 5.04 Å². The molecule has 0 N–H and O–H groups in total. The van der Waals surface area contributed by atoms with Gasteiger partial charge in [-0.15, -0.1) is 0 Å². The van der Waals surface area contributed by atoms with E-state index >= 15 is 0 Å². The van der Waals surface area contributed by atoms with Gasteiger partial charge in [-0.2, -0.15) is 0 Å². The zero-order valence-electron chi connectivity index (χ0n) is 13.2. The molecular weight excluding hydrogens is 256 g/mol. The van der Waals surface area contributed by atoms with E-state index in [9.17, 15) is 0 Å². The van der Waals surface area contributed by atoms with Crippen LogP contribution in [0.1, 0.15) is 46.0 Å². The number of allylic oxidation sites excluding steroid dienone is 8. The Labute approximate surface area is 127 Å². The molecule has 0 aromatic heterocycles. The van der Waals surface area contributed by atoms with Crippen molar-refractivity contribution in [2.75, 3.05) is 0 Å². The van der Waals surface area contributed by atoms with Crippen molar-refractivity contribution in [1.82, 2.24) is 0 Å². The van der Waals surface area contributed by atoms with Gasteiger partial charge in [0.15, 0.2) is 0 Å². The van der Waals surface area contributed by atoms with Crippen LogP contribution in [0.5, 0.6) is 0 Å². The van der Waals surface area contributed by atoms with Crippen molar-refractivity contribution in [3.8, 4) is 0 Å². The molecule has 1 saturated carbocycles. The molecule has 3 aliphatic rings. The Morgan fingerprint density at radius 3 is 2.80 bits per heavy atom. The van der Waals surface area contributed by atoms with E-state index in [1.54, 1.807) is 5.57 Å². The van der Waals surface area contributed by atoms with E-state index in [-0.39, 0.29) is 0 Å². The predicted molar refractivity (Wildman–Crippen MR) is 92.0 cm³/mol. The van der Waals surface area contributed by atoms with Crippen LogP contribution in [0.15, 0.2) is 48.1 Å². The molecule has 0 aliphatic heterocycles. The van der Waals surface area contributed by atoms with Crippen molar-refractivity contribution in [3.63, 3.8) is 0 Å². The van der Waals surface area contributed by atoms with Crippen LogP contribution in [-0.2, 0) is 0 Å². The molecule has 0 aromatic rings. The van der Waals surface area contributed by atoms with E-state index in [1.807, 2.05) is 0 Å². The summed E-state index contributed by atoms with van der Waals surface area (Å²) in [5, 5.41) is 0.472. The van der Waals surface area contributed by atoms with E-state index in [1.165, 1.54) is 42.3 Å². The normalized spacial score (nSPS) is 42.8. The Hall–Kier alpha value is -0.823. The first-order valence-electron chi connectivity index (χ1n) is 8.35. The van der Waals surface area contributed by atoms with Gasteiger partial charge in [-0.25, -0.2) is 0 Å². The van der Waals surface area contributed by atoms with Gasteiger partial charge in [-0.05, 0) is 48.0 Å². The molecule has 0 heterocycles. The van der Waals surface area contributed by atoms with Crippen LogP contribution in [0.25, 0.3) is 0 Å². The summed E-state index contributed by atoms with van der Waals surface area (Å²) in [6.07, 6.45) is 23.3. The molecule has 1 heteroatoms. The van der Waals surface area contributed by atoms with Crippen molar-refractivity contribution in [3.05, 3.63) is 48.1 Å². The molecule has 0 nitrogen and oxygen atoms in total. The van der Waals surface area contributed by atoms with Gasteiger partial charge in [0.25, 0.3) is 0 Å². The Kier molecular flexibility index (Phi) is 3.66. The SMILES string of the molecule is CCCC1(C2([SiH3])C3=CC=CCC3CC2C)C=CC=CC1. The first kappa shape index (κ1) is 14.1. The number of hydrogen-bond donors (Lipinski definition) is 0. The maximum Gasteiger partial charge on any atom is 0.0173 e. The van der Waals surface area contributed by atoms with Gasteiger partial charge in [0.2, 0.25) is 0 Å². The largest absolute Gasteiger partial charge is 0.0839 e. The lowest BCUT2D eigenvalue weighted by Gasteiger charge is -2.50. The molecule has 0 aromatic carbocycles. The van der Waals surface area contributed by atoms with Crippen molar-refractivity contribution in [2.45, 2.75) is 51.0 Å². The molecule has 4 atom stereocenters. The standard InChI is InChI=1S/C19H28Si/c1-3-11-18(12-7-4-8-13-18)19(20)15(2)14-16-9-5-6-10-17(16)19/h4-8,10,12,15-16H,3,9,11,13-14H2,1-2,20H3. The van der Waals surface area contributed by atoms with E-state index in [0.29, 0.717) is 10.5 Å². The number of rotatable bonds is 3. The predicted octanol–water partition coefficient (Wildman–Crippen LogP) is 4.36. The average molecular weight is 285 g/mol. The Bertz CT molecular complexity index is 496. The fraction of sp³-hybridized carbons (Fsp3) is 0.579. The fourth-order valence-electron chi connectivity index (χ4n) is 5.16. The molecule has 0 radical (unpaired) electrons. The van der Waals surface area contributed by atoms with Crippen LogP contribution in [-0.4, -0.2) is 10.2 Å². The lowest BCUT2D eigenvalue weighted by Crippen LogP contribution is -2.39. The highest BCUT2D eigenvalue weighted by molar-refractivity contribution is 6.19. The van der Waals surface area contributed by atoms with Gasteiger partial charge < -0.3 is 0 Å². The summed E-state index contributed by atoms with van der Waals surface area (Å²) in [7, 11) is 1.28. The minimum Gasteiger partial charge on any atom is -0.0839 e. The number of hydrogen-bond acceptors (Lipinski definition) is 0. The third-order valence-corrected chi connectivity index (χ3v) is 8.93. The van der Waals surface area contributed by atoms with E-state index < -0.39 is 0 Å². The van der Waals surface area contributed by atoms with Crippen molar-refractivity contribution >= 4 is 10.2 Å². The second kappa shape index (κ2) is 5.18. The maximum atomic E-state index is 2.57. The summed E-state index contributed by atoms with van der Waals surface area (Å²) in [4.78, 5) is 0. The van der Waals surface area contributed by atoms with Crippen LogP contribution in [0.3, 0.4) is 0 Å². The van der Waals surface area contributed by atoms with Gasteiger partial charge in [0.05, 0.1) is 0 Å². The highest BCUT2D eigenvalue weighted by Gasteiger charge is 2.56. The Morgan fingerprint density at radius 2 is 2.10 bits per heavy atom. The minimum atomic E-state index is 0.397. The Morgan fingerprint density at radius 1 is 1.25 bits per heavy atom. The summed E-state index contributed by atoms with van der Waals surface area (Å²) >= 11 is 0. The third kappa shape index (κ3) is 1.86. The molecule has 3 rings (SSSR count). The lowest BCUT2D eigenvalue weighted by molar-refractivity contribution is 0.217. The molecule has 20 heavy (non-hydrogen) atoms. The molecule has 0 amide bonds. The third-order valence-electron chi connectivity index (χ3n) is 6.37. The summed E-state index contributed by atoms with van der Waals surface area (Å²) < 4.78 is 0. The zero-order chi connectivity index (χ0) is 14.2. The van der Waals surface area contributed by atoms with Gasteiger partial charge in [0, 0.05) is 10.2 Å². The molecule has 0 saturated heterocycles. The second-order valence-electron chi connectivity index (χ2n) is 7.22. The molecule has 0 bridgehead atoms. The van der Waals surface area contributed by atoms with Crippen LogP contribution < -0.4 is 0 Å². The summed E-state index contributed by atoms with van der Waals surface area (Å²) in [5.74, 6) is 1.67. The minimum absolute atomic E-state index is 0.397. The molecule has 0 spiro atoms. The lowest BCUT2D eigenvalue weighted by atomic mass is 9.62. The van der Waals surface area contributed by atoms with Crippen LogP contribution in [0, 0.1) is 17.3 Å². The first-order chi connectivity index (χ1) is 9.64. The second-order valence-corrected chi connectivity index (χ2v) is 8.80. The monoisotopic (exact) mass is 284 g/mol. The van der Waals surface area contributed by atoms with Gasteiger partial charge >= 0.3 is 0 Å². The van der Waals surface area contributed by atoms with E-state index in [0.717, 1.165) is 11.8 Å². The highest BCUT2D eigenvalue weighted by Crippen LogP contribution is 2.68. The van der Waals surface area contributed by atoms with Gasteiger partial charge in [-0.3, -0.25) is 0 Å². The van der Waals surface area contributed by atoms with Crippen molar-refractivity contribution in [1.29, 1.82) is 0 Å². The molecule has 1 fully saturated rings. The van der Waals surface area contributed by atoms with Crippen LogP contribution >= 0.6 is 0 Å². The summed E-state index contributed by atoms with van der Waals surface area (Å²) in [6, 6.07) is 0. The topological polar surface area (TPSA) is 0 Å². The molecule has 4 unspecified atom stereocenters. The zero-order valence-corrected chi connectivity index (χ0v) is 15.2. The molecular formula is C19H28Si. The maximum absolute atomic E-state index is 2.57. The molecule has 3 aliphatic carbocycles. The van der Waals surface area contributed by atoms with Crippen molar-refractivity contribution < 1.29 is 0 Å². The number of fused-ring (bicyclic) bond motifs is 1. The van der Waals surface area contributed by atoms with Gasteiger partial charge in [0.1, 0.15) is 0 Å². The summed E-state index contributed by atoms with van der Waals surface area (Å²) in [6.45, 7) is 4.88. The van der Waals surface area contributed by atoms with Crippen molar-refractivity contribution in [2.24, 2.45) is 17.3 Å². The van der Waals surface area contributed by atoms with E-state index in [2.05, 4.69) is 56.4 Å². The smallest absolute Gasteiger partial charge is 0.0173 e. The van der Waals surface area contributed by atoms with E-state index in [4.69, 9.17) is 0 Å². The molecule has 108 valence electrons.